The minimum Gasteiger partial charge on any atom is -0.444 e. The molecule has 4 rings (SSSR count). The van der Waals surface area contributed by atoms with Crippen molar-refractivity contribution < 1.29 is 22.7 Å². The Balaban J connectivity index is 1.47. The van der Waals surface area contributed by atoms with Crippen LogP contribution in [-0.2, 0) is 14.8 Å². The number of aromatic nitrogens is 2. The lowest BCUT2D eigenvalue weighted by Crippen LogP contribution is -2.43. The van der Waals surface area contributed by atoms with Crippen molar-refractivity contribution in [1.29, 1.82) is 0 Å². The largest absolute Gasteiger partial charge is 0.444 e. The van der Waals surface area contributed by atoms with Crippen LogP contribution in [0.3, 0.4) is 0 Å². The fourth-order valence-electron chi connectivity index (χ4n) is 4.92. The number of carbonyl (C=O) groups excluding carboxylic acids is 2. The highest BCUT2D eigenvalue weighted by Crippen LogP contribution is 2.38. The molecule has 0 spiro atoms. The highest BCUT2D eigenvalue weighted by Gasteiger charge is 2.40. The topological polar surface area (TPSA) is 134 Å². The lowest BCUT2D eigenvalue weighted by Gasteiger charge is -2.36. The van der Waals surface area contributed by atoms with Gasteiger partial charge in [0.15, 0.2) is 5.03 Å². The van der Waals surface area contributed by atoms with Gasteiger partial charge in [-0.15, -0.1) is 0 Å². The predicted octanol–water partition coefficient (Wildman–Crippen LogP) is 3.32. The summed E-state index contributed by atoms with van der Waals surface area (Å²) in [6, 6.07) is 7.67. The molecule has 0 aliphatic carbocycles. The Morgan fingerprint density at radius 3 is 2.51 bits per heavy atom. The van der Waals surface area contributed by atoms with Crippen LogP contribution >= 0.6 is 0 Å². The van der Waals surface area contributed by atoms with Gasteiger partial charge < -0.3 is 19.9 Å². The fourth-order valence-corrected chi connectivity index (χ4v) is 5.85. The van der Waals surface area contributed by atoms with Crippen molar-refractivity contribution in [1.82, 2.24) is 20.0 Å². The van der Waals surface area contributed by atoms with E-state index >= 15 is 0 Å². The predicted molar refractivity (Wildman–Crippen MR) is 148 cm³/mol. The molecular formula is C27H38N6O5S. The highest BCUT2D eigenvalue weighted by molar-refractivity contribution is 7.90. The van der Waals surface area contributed by atoms with E-state index in [-0.39, 0.29) is 22.2 Å². The number of pyridine rings is 2. The first-order valence-electron chi connectivity index (χ1n) is 13.2. The maximum Gasteiger partial charge on any atom is 0.407 e. The van der Waals surface area contributed by atoms with Gasteiger partial charge in [0.1, 0.15) is 17.2 Å². The van der Waals surface area contributed by atoms with Crippen molar-refractivity contribution in [2.75, 3.05) is 29.4 Å². The van der Waals surface area contributed by atoms with Crippen molar-refractivity contribution in [3.8, 4) is 0 Å². The number of sulfonamides is 1. The number of hydrogen-bond acceptors (Lipinski definition) is 9. The molecule has 0 radical (unpaired) electrons. The Hall–Kier alpha value is -3.41. The summed E-state index contributed by atoms with van der Waals surface area (Å²) in [5.41, 5.74) is -0.643. The molecule has 0 saturated carbocycles. The van der Waals surface area contributed by atoms with Crippen LogP contribution in [0.1, 0.15) is 64.7 Å². The molecule has 2 aromatic heterocycles. The summed E-state index contributed by atoms with van der Waals surface area (Å²) in [5.74, 6) is 0.523. The number of rotatable bonds is 6. The van der Waals surface area contributed by atoms with E-state index in [4.69, 9.17) is 4.74 Å². The number of amides is 2. The van der Waals surface area contributed by atoms with E-state index in [1.165, 1.54) is 6.07 Å². The second kappa shape index (κ2) is 10.6. The van der Waals surface area contributed by atoms with Crippen LogP contribution in [-0.4, -0.2) is 67.2 Å². The molecule has 11 nitrogen and oxygen atoms in total. The molecular weight excluding hydrogens is 520 g/mol. The monoisotopic (exact) mass is 558 g/mol. The first kappa shape index (κ1) is 28.6. The number of anilines is 2. The van der Waals surface area contributed by atoms with Crippen LogP contribution in [0.15, 0.2) is 41.6 Å². The van der Waals surface area contributed by atoms with Crippen molar-refractivity contribution >= 4 is 33.7 Å². The van der Waals surface area contributed by atoms with E-state index in [1.54, 1.807) is 51.2 Å². The zero-order valence-electron chi connectivity index (χ0n) is 23.4. The molecule has 2 amide bonds. The molecule has 2 saturated heterocycles. The van der Waals surface area contributed by atoms with Gasteiger partial charge in [0.2, 0.25) is 0 Å². The van der Waals surface area contributed by atoms with Crippen molar-refractivity contribution in [3.05, 3.63) is 42.1 Å². The van der Waals surface area contributed by atoms with Gasteiger partial charge in [0.05, 0.1) is 11.6 Å². The van der Waals surface area contributed by atoms with E-state index in [9.17, 15) is 18.0 Å². The van der Waals surface area contributed by atoms with Gasteiger partial charge in [0, 0.05) is 31.4 Å². The van der Waals surface area contributed by atoms with E-state index in [2.05, 4.69) is 45.7 Å². The SMILES string of the molecule is CC1CCN(c2ncccc2C(=O)NS(=O)(=O)c2cccc(N3CC[C@@H](NC(=O)OC(C)(C)C)C3)n2)C1(C)C. The molecule has 0 bridgehead atoms. The molecule has 2 aliphatic heterocycles. The summed E-state index contributed by atoms with van der Waals surface area (Å²) in [6.45, 7) is 13.5. The third kappa shape index (κ3) is 6.43. The Labute approximate surface area is 230 Å². The number of ether oxygens (including phenoxy) is 1. The number of nitrogens with one attached hydrogen (secondary N) is 2. The van der Waals surface area contributed by atoms with E-state index in [0.717, 1.165) is 13.0 Å². The molecule has 2 aliphatic rings. The van der Waals surface area contributed by atoms with E-state index < -0.39 is 27.6 Å². The van der Waals surface area contributed by atoms with Crippen LogP contribution in [0.25, 0.3) is 0 Å². The Kier molecular flexibility index (Phi) is 7.79. The summed E-state index contributed by atoms with van der Waals surface area (Å²) in [5, 5.41) is 2.58. The van der Waals surface area contributed by atoms with Crippen LogP contribution in [0, 0.1) is 5.92 Å². The Bertz CT molecular complexity index is 1340. The van der Waals surface area contributed by atoms with Crippen LogP contribution < -0.4 is 19.8 Å². The van der Waals surface area contributed by atoms with Gasteiger partial charge in [-0.05, 0) is 77.6 Å². The minimum absolute atomic E-state index is 0.164. The minimum atomic E-state index is -4.27. The summed E-state index contributed by atoms with van der Waals surface area (Å²) in [6.07, 6.45) is 2.71. The van der Waals surface area contributed by atoms with Gasteiger partial charge in [-0.1, -0.05) is 13.0 Å². The van der Waals surface area contributed by atoms with Crippen LogP contribution in [0.5, 0.6) is 0 Å². The van der Waals surface area contributed by atoms with Crippen LogP contribution in [0.2, 0.25) is 0 Å². The Morgan fingerprint density at radius 2 is 1.85 bits per heavy atom. The standard InChI is InChI=1S/C27H38N6O5S/c1-18-12-16-33(27(18,5)6)23-20(9-8-14-28-23)24(34)31-39(36,37)22-11-7-10-21(30-22)32-15-13-19(17-32)29-25(35)38-26(2,3)4/h7-11,14,18-19H,12-13,15-17H2,1-6H3,(H,29,35)(H,31,34)/t18?,19-/m1/s1. The summed E-state index contributed by atoms with van der Waals surface area (Å²) in [4.78, 5) is 38.1. The molecule has 4 heterocycles. The van der Waals surface area contributed by atoms with E-state index in [1.807, 2.05) is 4.90 Å². The van der Waals surface area contributed by atoms with Crippen LogP contribution in [0.4, 0.5) is 16.4 Å². The zero-order valence-corrected chi connectivity index (χ0v) is 24.2. The Morgan fingerprint density at radius 1 is 1.10 bits per heavy atom. The fraction of sp³-hybridized carbons (Fsp3) is 0.556. The quantitative estimate of drug-likeness (QED) is 0.548. The zero-order chi connectivity index (χ0) is 28.6. The molecule has 212 valence electrons. The van der Waals surface area contributed by atoms with Gasteiger partial charge in [-0.25, -0.2) is 19.5 Å². The van der Waals surface area contributed by atoms with E-state index in [0.29, 0.717) is 37.1 Å². The average Bonchev–Trinajstić information content (AvgIpc) is 3.41. The third-order valence-corrected chi connectivity index (χ3v) is 8.65. The number of alkyl carbamates (subject to hydrolysis) is 1. The molecule has 12 heteroatoms. The number of nitrogens with zero attached hydrogens (tertiary/aromatic N) is 4. The highest BCUT2D eigenvalue weighted by atomic mass is 32.2. The maximum absolute atomic E-state index is 13.2. The summed E-state index contributed by atoms with van der Waals surface area (Å²) >= 11 is 0. The lowest BCUT2D eigenvalue weighted by atomic mass is 9.90. The smallest absolute Gasteiger partial charge is 0.407 e. The molecule has 2 fully saturated rings. The normalized spacial score (nSPS) is 21.1. The first-order chi connectivity index (χ1) is 18.2. The van der Waals surface area contributed by atoms with Gasteiger partial charge in [-0.3, -0.25) is 4.79 Å². The molecule has 0 aromatic carbocycles. The number of carbonyl (C=O) groups is 2. The lowest BCUT2D eigenvalue weighted by molar-refractivity contribution is 0.0508. The second-order valence-corrected chi connectivity index (χ2v) is 13.3. The number of hydrogen-bond donors (Lipinski definition) is 2. The molecule has 39 heavy (non-hydrogen) atoms. The maximum atomic E-state index is 13.2. The molecule has 1 unspecified atom stereocenters. The van der Waals surface area contributed by atoms with Gasteiger partial charge in [0.25, 0.3) is 15.9 Å². The first-order valence-corrected chi connectivity index (χ1v) is 14.7. The van der Waals surface area contributed by atoms with Crippen molar-refractivity contribution in [2.24, 2.45) is 5.92 Å². The molecule has 2 aromatic rings. The summed E-state index contributed by atoms with van der Waals surface area (Å²) in [7, 11) is -4.27. The van der Waals surface area contributed by atoms with Gasteiger partial charge >= 0.3 is 6.09 Å². The summed E-state index contributed by atoms with van der Waals surface area (Å²) < 4.78 is 33.9. The molecule has 2 atom stereocenters. The van der Waals surface area contributed by atoms with Crippen molar-refractivity contribution in [2.45, 2.75) is 76.6 Å². The van der Waals surface area contributed by atoms with Crippen molar-refractivity contribution in [3.63, 3.8) is 0 Å². The average molecular weight is 559 g/mol. The third-order valence-electron chi connectivity index (χ3n) is 7.42. The second-order valence-electron chi connectivity index (χ2n) is 11.7. The van der Waals surface area contributed by atoms with Gasteiger partial charge in [-0.2, -0.15) is 8.42 Å². The molecule has 2 N–H and O–H groups in total.